The maximum Gasteiger partial charge on any atom is 0.177 e. The van der Waals surface area contributed by atoms with Crippen LogP contribution in [0, 0.1) is 0 Å². The van der Waals surface area contributed by atoms with Gasteiger partial charge in [0.25, 0.3) is 0 Å². The number of carbonyl (C=O) groups excluding carboxylic acids is 1. The van der Waals surface area contributed by atoms with Gasteiger partial charge in [-0.2, -0.15) is 0 Å². The first-order valence-electron chi connectivity index (χ1n) is 5.65. The van der Waals surface area contributed by atoms with E-state index in [1.165, 1.54) is 0 Å². The molecule has 2 nitrogen and oxygen atoms in total. The molecule has 0 saturated carbocycles. The first-order chi connectivity index (χ1) is 7.28. The Hall–Kier alpha value is -0.600. The van der Waals surface area contributed by atoms with Gasteiger partial charge in [0.2, 0.25) is 0 Å². The van der Waals surface area contributed by atoms with Crippen LogP contribution in [-0.4, -0.2) is 17.4 Å². The zero-order valence-corrected chi connectivity index (χ0v) is 11.2. The normalized spacial score (nSPS) is 19.2. The molecule has 16 heavy (non-hydrogen) atoms. The molecule has 0 amide bonds. The van der Waals surface area contributed by atoms with Crippen molar-refractivity contribution in [3.8, 4) is 0 Å². The molecule has 1 N–H and O–H groups in total. The van der Waals surface area contributed by atoms with Crippen LogP contribution in [-0.2, 0) is 4.79 Å². The van der Waals surface area contributed by atoms with Crippen LogP contribution in [0.2, 0.25) is 0 Å². The van der Waals surface area contributed by atoms with Crippen molar-refractivity contribution < 1.29 is 4.79 Å². The lowest BCUT2D eigenvalue weighted by Gasteiger charge is -2.26. The third-order valence-electron chi connectivity index (χ3n) is 2.35. The quantitative estimate of drug-likeness (QED) is 0.822. The average molecular weight is 242 g/mol. The molecule has 0 spiro atoms. The minimum Gasteiger partial charge on any atom is -0.309 e. The van der Waals surface area contributed by atoms with Crippen LogP contribution >= 0.6 is 11.6 Å². The van der Waals surface area contributed by atoms with E-state index in [9.17, 15) is 4.79 Å². The number of Topliss-reactive ketones (excluding diaryl/α,β-unsaturated/α-hetero) is 1. The summed E-state index contributed by atoms with van der Waals surface area (Å²) in [7, 11) is 0. The molecule has 0 heterocycles. The van der Waals surface area contributed by atoms with Crippen molar-refractivity contribution in [1.82, 2.24) is 5.32 Å². The zero-order chi connectivity index (χ0) is 12.3. The SMILES string of the molecule is CC(CC1=CCC(=O)C(Cl)=C1)NC(C)(C)C. The first kappa shape index (κ1) is 13.5. The summed E-state index contributed by atoms with van der Waals surface area (Å²) < 4.78 is 0. The molecule has 0 saturated heterocycles. The molecule has 0 fully saturated rings. The molecule has 1 rings (SSSR count). The molecular weight excluding hydrogens is 222 g/mol. The lowest BCUT2D eigenvalue weighted by molar-refractivity contribution is -0.114. The molecule has 0 aromatic heterocycles. The highest BCUT2D eigenvalue weighted by Crippen LogP contribution is 2.21. The molecule has 0 aliphatic heterocycles. The van der Waals surface area contributed by atoms with E-state index in [4.69, 9.17) is 11.6 Å². The maximum absolute atomic E-state index is 11.2. The van der Waals surface area contributed by atoms with Crippen LogP contribution in [0.5, 0.6) is 0 Å². The highest BCUT2D eigenvalue weighted by Gasteiger charge is 2.17. The Labute approximate surface area is 103 Å². The van der Waals surface area contributed by atoms with Crippen molar-refractivity contribution in [3.05, 3.63) is 22.8 Å². The fraction of sp³-hybridized carbons (Fsp3) is 0.615. The third-order valence-corrected chi connectivity index (χ3v) is 2.67. The van der Waals surface area contributed by atoms with Crippen LogP contribution in [0.1, 0.15) is 40.5 Å². The van der Waals surface area contributed by atoms with Crippen LogP contribution in [0.15, 0.2) is 22.8 Å². The van der Waals surface area contributed by atoms with Crippen LogP contribution < -0.4 is 5.32 Å². The lowest BCUT2D eigenvalue weighted by Crippen LogP contribution is -2.42. The van der Waals surface area contributed by atoms with Crippen molar-refractivity contribution in [1.29, 1.82) is 0 Å². The Bertz CT molecular complexity index is 336. The van der Waals surface area contributed by atoms with Crippen molar-refractivity contribution in [2.45, 2.75) is 52.1 Å². The van der Waals surface area contributed by atoms with E-state index >= 15 is 0 Å². The van der Waals surface area contributed by atoms with E-state index < -0.39 is 0 Å². The van der Waals surface area contributed by atoms with Crippen molar-refractivity contribution >= 4 is 17.4 Å². The van der Waals surface area contributed by atoms with Gasteiger partial charge < -0.3 is 5.32 Å². The summed E-state index contributed by atoms with van der Waals surface area (Å²) in [5.74, 6) is 0.0156. The highest BCUT2D eigenvalue weighted by molar-refractivity contribution is 6.43. The summed E-state index contributed by atoms with van der Waals surface area (Å²) in [5.41, 5.74) is 1.26. The number of halogens is 1. The number of rotatable bonds is 3. The van der Waals surface area contributed by atoms with Gasteiger partial charge in [-0.3, -0.25) is 4.79 Å². The number of allylic oxidation sites excluding steroid dienone is 3. The second-order valence-electron chi connectivity index (χ2n) is 5.40. The van der Waals surface area contributed by atoms with Gasteiger partial charge in [-0.15, -0.1) is 0 Å². The molecule has 90 valence electrons. The first-order valence-corrected chi connectivity index (χ1v) is 6.03. The van der Waals surface area contributed by atoms with E-state index in [0.29, 0.717) is 17.5 Å². The second-order valence-corrected chi connectivity index (χ2v) is 5.81. The summed E-state index contributed by atoms with van der Waals surface area (Å²) in [4.78, 5) is 11.2. The minimum atomic E-state index is 0.0156. The van der Waals surface area contributed by atoms with Crippen LogP contribution in [0.4, 0.5) is 0 Å². The molecule has 1 unspecified atom stereocenters. The molecule has 0 bridgehead atoms. The van der Waals surface area contributed by atoms with E-state index in [-0.39, 0.29) is 11.3 Å². The Balaban J connectivity index is 2.53. The van der Waals surface area contributed by atoms with Gasteiger partial charge in [-0.1, -0.05) is 17.7 Å². The zero-order valence-electron chi connectivity index (χ0n) is 10.4. The Morgan fingerprint density at radius 3 is 2.62 bits per heavy atom. The molecule has 0 aromatic rings. The summed E-state index contributed by atoms with van der Waals surface area (Å²) in [6.07, 6.45) is 5.09. The third kappa shape index (κ3) is 4.50. The Morgan fingerprint density at radius 2 is 2.12 bits per heavy atom. The van der Waals surface area contributed by atoms with Gasteiger partial charge in [-0.05, 0) is 45.8 Å². The van der Waals surface area contributed by atoms with Gasteiger partial charge in [0.1, 0.15) is 0 Å². The van der Waals surface area contributed by atoms with Gasteiger partial charge in [0.15, 0.2) is 5.78 Å². The fourth-order valence-electron chi connectivity index (χ4n) is 1.91. The topological polar surface area (TPSA) is 29.1 Å². The van der Waals surface area contributed by atoms with E-state index in [1.54, 1.807) is 6.08 Å². The van der Waals surface area contributed by atoms with Crippen molar-refractivity contribution in [2.75, 3.05) is 0 Å². The van der Waals surface area contributed by atoms with Gasteiger partial charge in [0, 0.05) is 18.0 Å². The highest BCUT2D eigenvalue weighted by atomic mass is 35.5. The Morgan fingerprint density at radius 1 is 1.50 bits per heavy atom. The standard InChI is InChI=1S/C13H20ClNO/c1-9(15-13(2,3)4)7-10-5-6-12(16)11(14)8-10/h5,8-9,15H,6-7H2,1-4H3. The maximum atomic E-state index is 11.2. The summed E-state index contributed by atoms with van der Waals surface area (Å²) in [5, 5.41) is 3.86. The summed E-state index contributed by atoms with van der Waals surface area (Å²) >= 11 is 5.83. The van der Waals surface area contributed by atoms with Gasteiger partial charge in [0.05, 0.1) is 5.03 Å². The monoisotopic (exact) mass is 241 g/mol. The molecule has 3 heteroatoms. The van der Waals surface area contributed by atoms with Crippen LogP contribution in [0.3, 0.4) is 0 Å². The van der Waals surface area contributed by atoms with Crippen molar-refractivity contribution in [2.24, 2.45) is 0 Å². The average Bonchev–Trinajstić information content (AvgIpc) is 2.08. The summed E-state index contributed by atoms with van der Waals surface area (Å²) in [6, 6.07) is 0.375. The van der Waals surface area contributed by atoms with Crippen LogP contribution in [0.25, 0.3) is 0 Å². The smallest absolute Gasteiger partial charge is 0.177 e. The molecule has 0 radical (unpaired) electrons. The van der Waals surface area contributed by atoms with Gasteiger partial charge >= 0.3 is 0 Å². The predicted molar refractivity (Wildman–Crippen MR) is 68.6 cm³/mol. The molecule has 0 aromatic carbocycles. The number of hydrogen-bond donors (Lipinski definition) is 1. The van der Waals surface area contributed by atoms with E-state index in [2.05, 4.69) is 33.0 Å². The Kier molecular flexibility index (Phi) is 4.34. The second kappa shape index (κ2) is 5.15. The lowest BCUT2D eigenvalue weighted by atomic mass is 9.98. The summed E-state index contributed by atoms with van der Waals surface area (Å²) in [6.45, 7) is 8.57. The van der Waals surface area contributed by atoms with E-state index in [0.717, 1.165) is 12.0 Å². The van der Waals surface area contributed by atoms with Gasteiger partial charge in [-0.25, -0.2) is 0 Å². The number of carbonyl (C=O) groups is 1. The minimum absolute atomic E-state index is 0.0156. The molecule has 1 atom stereocenters. The van der Waals surface area contributed by atoms with Crippen molar-refractivity contribution in [3.63, 3.8) is 0 Å². The number of ketones is 1. The predicted octanol–water partition coefficient (Wildman–Crippen LogP) is 3.18. The molecule has 1 aliphatic carbocycles. The number of nitrogens with one attached hydrogen (secondary N) is 1. The number of hydrogen-bond acceptors (Lipinski definition) is 2. The molecular formula is C13H20ClNO. The molecule has 1 aliphatic rings. The van der Waals surface area contributed by atoms with E-state index in [1.807, 2.05) is 6.08 Å². The largest absolute Gasteiger partial charge is 0.309 e. The fourth-order valence-corrected chi connectivity index (χ4v) is 2.13.